The number of benzene rings is 1. The molecule has 1 aliphatic carbocycles. The van der Waals surface area contributed by atoms with Crippen LogP contribution in [0.1, 0.15) is 50.1 Å². The van der Waals surface area contributed by atoms with Crippen LogP contribution in [0.3, 0.4) is 0 Å². The van der Waals surface area contributed by atoms with Crippen molar-refractivity contribution in [1.82, 2.24) is 10.2 Å². The van der Waals surface area contributed by atoms with Crippen molar-refractivity contribution in [3.8, 4) is 0 Å². The van der Waals surface area contributed by atoms with Crippen LogP contribution in [0, 0.1) is 0 Å². The molecule has 1 unspecified atom stereocenters. The molecule has 3 rings (SSSR count). The lowest BCUT2D eigenvalue weighted by Crippen LogP contribution is -2.11. The van der Waals surface area contributed by atoms with Gasteiger partial charge in [0.25, 0.3) is 0 Å². The number of aryl methyl sites for hydroxylation is 2. The molecule has 2 aromatic rings. The zero-order chi connectivity index (χ0) is 15.0. The van der Waals surface area contributed by atoms with Crippen molar-refractivity contribution in [2.24, 2.45) is 0 Å². The molecule has 5 heteroatoms. The maximum Gasteiger partial charge on any atom is 0.229 e. The van der Waals surface area contributed by atoms with Gasteiger partial charge in [-0.15, -0.1) is 10.2 Å². The van der Waals surface area contributed by atoms with Gasteiger partial charge in [-0.25, -0.2) is 0 Å². The fourth-order valence-electron chi connectivity index (χ4n) is 2.50. The second-order valence-electron chi connectivity index (χ2n) is 6.52. The van der Waals surface area contributed by atoms with Crippen molar-refractivity contribution >= 4 is 10.8 Å². The Hall–Kier alpha value is -1.49. The van der Waals surface area contributed by atoms with Crippen LogP contribution in [0.5, 0.6) is 0 Å². The Kier molecular flexibility index (Phi) is 3.69. The molecule has 1 atom stereocenters. The van der Waals surface area contributed by atoms with Gasteiger partial charge in [0.05, 0.1) is 10.8 Å². The van der Waals surface area contributed by atoms with Gasteiger partial charge in [0.2, 0.25) is 11.8 Å². The van der Waals surface area contributed by atoms with Gasteiger partial charge in [-0.05, 0) is 42.5 Å². The van der Waals surface area contributed by atoms with E-state index >= 15 is 0 Å². The second kappa shape index (κ2) is 5.37. The number of nitrogens with zero attached hydrogens (tertiary/aromatic N) is 2. The maximum atomic E-state index is 12.5. The Labute approximate surface area is 127 Å². The lowest BCUT2D eigenvalue weighted by atomic mass is 9.97. The molecule has 0 aliphatic heterocycles. The van der Waals surface area contributed by atoms with E-state index in [-0.39, 0.29) is 11.2 Å². The Bertz CT molecular complexity index is 686. The summed E-state index contributed by atoms with van der Waals surface area (Å²) in [4.78, 5) is 0.853. The Morgan fingerprint density at radius 1 is 1.19 bits per heavy atom. The minimum atomic E-state index is -1.14. The van der Waals surface area contributed by atoms with Crippen LogP contribution < -0.4 is 0 Å². The highest BCUT2D eigenvalue weighted by molar-refractivity contribution is 7.84. The summed E-state index contributed by atoms with van der Waals surface area (Å²) in [5.74, 6) is 1.31. The summed E-state index contributed by atoms with van der Waals surface area (Å²) < 4.78 is 18.1. The van der Waals surface area contributed by atoms with E-state index in [4.69, 9.17) is 4.42 Å². The van der Waals surface area contributed by atoms with Crippen LogP contribution in [0.15, 0.2) is 27.5 Å². The molecule has 112 valence electrons. The monoisotopic (exact) mass is 304 g/mol. The minimum Gasteiger partial charge on any atom is -0.424 e. The Morgan fingerprint density at radius 2 is 1.95 bits per heavy atom. The number of rotatable bonds is 3. The van der Waals surface area contributed by atoms with E-state index in [1.807, 2.05) is 26.8 Å². The summed E-state index contributed by atoms with van der Waals surface area (Å²) in [5.41, 5.74) is 2.55. The average Bonchev–Trinajstić information content (AvgIpc) is 3.04. The minimum absolute atomic E-state index is 0.180. The molecule has 0 amide bonds. The summed E-state index contributed by atoms with van der Waals surface area (Å²) in [5, 5.41) is 8.05. The van der Waals surface area contributed by atoms with Gasteiger partial charge in [0.15, 0.2) is 0 Å². The molecule has 1 aromatic carbocycles. The SMILES string of the molecule is CC(C)(C)c1nnc(CS(=O)c2ccc3c(c2)CCC3)o1. The molecule has 0 N–H and O–H groups in total. The Morgan fingerprint density at radius 3 is 2.67 bits per heavy atom. The van der Waals surface area contributed by atoms with Gasteiger partial charge < -0.3 is 4.42 Å². The van der Waals surface area contributed by atoms with E-state index in [1.54, 1.807) is 0 Å². The van der Waals surface area contributed by atoms with Crippen LogP contribution >= 0.6 is 0 Å². The van der Waals surface area contributed by atoms with Crippen LogP contribution in [-0.2, 0) is 34.8 Å². The molecule has 1 heterocycles. The zero-order valence-electron chi connectivity index (χ0n) is 12.7. The van der Waals surface area contributed by atoms with E-state index in [2.05, 4.69) is 22.3 Å². The van der Waals surface area contributed by atoms with Crippen LogP contribution in [0.2, 0.25) is 0 Å². The van der Waals surface area contributed by atoms with Crippen LogP contribution in [0.25, 0.3) is 0 Å². The molecule has 0 saturated carbocycles. The van der Waals surface area contributed by atoms with Crippen molar-refractivity contribution in [1.29, 1.82) is 0 Å². The van der Waals surface area contributed by atoms with Gasteiger partial charge >= 0.3 is 0 Å². The molecule has 0 radical (unpaired) electrons. The number of aromatic nitrogens is 2. The second-order valence-corrected chi connectivity index (χ2v) is 7.98. The largest absolute Gasteiger partial charge is 0.424 e. The van der Waals surface area contributed by atoms with Gasteiger partial charge in [0.1, 0.15) is 5.75 Å². The Balaban J connectivity index is 1.76. The molecule has 1 aromatic heterocycles. The van der Waals surface area contributed by atoms with Crippen LogP contribution in [-0.4, -0.2) is 14.4 Å². The first-order valence-electron chi connectivity index (χ1n) is 7.26. The highest BCUT2D eigenvalue weighted by Gasteiger charge is 2.22. The molecule has 0 saturated heterocycles. The molecule has 0 bridgehead atoms. The molecule has 4 nitrogen and oxygen atoms in total. The van der Waals surface area contributed by atoms with Crippen molar-refractivity contribution < 1.29 is 8.63 Å². The molecule has 1 aliphatic rings. The van der Waals surface area contributed by atoms with Crippen molar-refractivity contribution in [2.75, 3.05) is 0 Å². The number of fused-ring (bicyclic) bond motifs is 1. The smallest absolute Gasteiger partial charge is 0.229 e. The predicted octanol–water partition coefficient (Wildman–Crippen LogP) is 3.16. The first-order chi connectivity index (χ1) is 9.93. The summed E-state index contributed by atoms with van der Waals surface area (Å²) >= 11 is 0. The molecule has 0 fully saturated rings. The normalized spacial score (nSPS) is 16.0. The third kappa shape index (κ3) is 3.07. The van der Waals surface area contributed by atoms with E-state index in [9.17, 15) is 4.21 Å². The van der Waals surface area contributed by atoms with E-state index in [0.29, 0.717) is 11.8 Å². The standard InChI is InChI=1S/C16H20N2O2S/c1-16(2,3)15-18-17-14(20-15)10-21(19)13-8-7-11-5-4-6-12(11)9-13/h7-9H,4-6,10H2,1-3H3. The first kappa shape index (κ1) is 14.4. The first-order valence-corrected chi connectivity index (χ1v) is 8.58. The van der Waals surface area contributed by atoms with Crippen molar-refractivity contribution in [3.63, 3.8) is 0 Å². The highest BCUT2D eigenvalue weighted by atomic mass is 32.2. The average molecular weight is 304 g/mol. The molecule has 21 heavy (non-hydrogen) atoms. The topological polar surface area (TPSA) is 56.0 Å². The van der Waals surface area contributed by atoms with Gasteiger partial charge in [-0.3, -0.25) is 4.21 Å². The van der Waals surface area contributed by atoms with Crippen molar-refractivity contribution in [3.05, 3.63) is 41.1 Å². The van der Waals surface area contributed by atoms with E-state index in [0.717, 1.165) is 17.7 Å². The van der Waals surface area contributed by atoms with Gasteiger partial charge in [0, 0.05) is 10.3 Å². The fraction of sp³-hybridized carbons (Fsp3) is 0.500. The third-order valence-electron chi connectivity index (χ3n) is 3.70. The summed E-state index contributed by atoms with van der Waals surface area (Å²) in [6.07, 6.45) is 3.43. The van der Waals surface area contributed by atoms with Gasteiger partial charge in [-0.2, -0.15) is 0 Å². The molecular formula is C16H20N2O2S. The molecule has 0 spiro atoms. The number of hydrogen-bond donors (Lipinski definition) is 0. The van der Waals surface area contributed by atoms with Gasteiger partial charge in [-0.1, -0.05) is 26.8 Å². The summed E-state index contributed by atoms with van der Waals surface area (Å²) in [6, 6.07) is 6.13. The number of hydrogen-bond acceptors (Lipinski definition) is 4. The lowest BCUT2D eigenvalue weighted by molar-refractivity contribution is 0.378. The zero-order valence-corrected chi connectivity index (χ0v) is 13.5. The quantitative estimate of drug-likeness (QED) is 0.874. The third-order valence-corrected chi connectivity index (χ3v) is 4.98. The van der Waals surface area contributed by atoms with Crippen LogP contribution in [0.4, 0.5) is 0 Å². The lowest BCUT2D eigenvalue weighted by Gasteiger charge is -2.10. The fourth-order valence-corrected chi connectivity index (χ4v) is 3.50. The molecular weight excluding hydrogens is 284 g/mol. The summed E-state index contributed by atoms with van der Waals surface area (Å²) in [6.45, 7) is 6.05. The maximum absolute atomic E-state index is 12.5. The van der Waals surface area contributed by atoms with E-state index in [1.165, 1.54) is 17.5 Å². The predicted molar refractivity (Wildman–Crippen MR) is 81.6 cm³/mol. The van der Waals surface area contributed by atoms with E-state index < -0.39 is 10.8 Å². The summed E-state index contributed by atoms with van der Waals surface area (Å²) in [7, 11) is -1.14. The van der Waals surface area contributed by atoms with Crippen molar-refractivity contribution in [2.45, 2.75) is 56.1 Å². The highest BCUT2D eigenvalue weighted by Crippen LogP contribution is 2.25.